The van der Waals surface area contributed by atoms with Crippen LogP contribution in [0.15, 0.2) is 27.7 Å². The van der Waals surface area contributed by atoms with Crippen molar-refractivity contribution in [3.8, 4) is 12.3 Å². The highest BCUT2D eigenvalue weighted by molar-refractivity contribution is 9.10. The Kier molecular flexibility index (Phi) is 3.39. The van der Waals surface area contributed by atoms with Crippen LogP contribution in [0, 0.1) is 19.3 Å². The SMILES string of the molecule is C#CCN1C(=O)N=C(N)C1c1ccc(C)c(Br)c1. The van der Waals surface area contributed by atoms with E-state index in [-0.39, 0.29) is 24.5 Å². The summed E-state index contributed by atoms with van der Waals surface area (Å²) in [5.74, 6) is 2.73. The van der Waals surface area contributed by atoms with Gasteiger partial charge in [0, 0.05) is 4.47 Å². The molecule has 0 aromatic heterocycles. The molecule has 0 radical (unpaired) electrons. The van der Waals surface area contributed by atoms with Crippen molar-refractivity contribution < 1.29 is 4.79 Å². The number of benzene rings is 1. The highest BCUT2D eigenvalue weighted by Crippen LogP contribution is 2.29. The normalized spacial score (nSPS) is 18.7. The van der Waals surface area contributed by atoms with Crippen molar-refractivity contribution in [2.45, 2.75) is 13.0 Å². The molecule has 1 aliphatic rings. The Balaban J connectivity index is 2.41. The molecule has 92 valence electrons. The first-order chi connectivity index (χ1) is 8.54. The zero-order valence-electron chi connectivity index (χ0n) is 9.85. The number of urea groups is 1. The molecular formula is C13H12BrN3O. The van der Waals surface area contributed by atoms with Crippen molar-refractivity contribution in [3.05, 3.63) is 33.8 Å². The summed E-state index contributed by atoms with van der Waals surface area (Å²) < 4.78 is 0.966. The molecule has 0 saturated carbocycles. The van der Waals surface area contributed by atoms with Crippen LogP contribution in [0.2, 0.25) is 0 Å². The van der Waals surface area contributed by atoms with Crippen molar-refractivity contribution >= 4 is 27.8 Å². The van der Waals surface area contributed by atoms with Crippen LogP contribution in [0.3, 0.4) is 0 Å². The van der Waals surface area contributed by atoms with Gasteiger partial charge in [0.05, 0.1) is 6.54 Å². The fourth-order valence-electron chi connectivity index (χ4n) is 1.89. The first-order valence-electron chi connectivity index (χ1n) is 5.38. The van der Waals surface area contributed by atoms with E-state index in [9.17, 15) is 4.79 Å². The van der Waals surface area contributed by atoms with Crippen LogP contribution < -0.4 is 5.73 Å². The van der Waals surface area contributed by atoms with Gasteiger partial charge in [-0.15, -0.1) is 6.42 Å². The van der Waals surface area contributed by atoms with E-state index in [4.69, 9.17) is 12.2 Å². The lowest BCUT2D eigenvalue weighted by Gasteiger charge is -2.22. The predicted molar refractivity (Wildman–Crippen MR) is 74.2 cm³/mol. The van der Waals surface area contributed by atoms with Gasteiger partial charge in [0.1, 0.15) is 11.9 Å². The van der Waals surface area contributed by atoms with Crippen molar-refractivity contribution in [1.82, 2.24) is 4.90 Å². The highest BCUT2D eigenvalue weighted by atomic mass is 79.9. The Morgan fingerprint density at radius 1 is 1.61 bits per heavy atom. The van der Waals surface area contributed by atoms with Crippen LogP contribution in [0.5, 0.6) is 0 Å². The summed E-state index contributed by atoms with van der Waals surface area (Å²) in [6.07, 6.45) is 5.27. The lowest BCUT2D eigenvalue weighted by Crippen LogP contribution is -2.33. The van der Waals surface area contributed by atoms with Gasteiger partial charge in [-0.05, 0) is 24.1 Å². The molecule has 1 heterocycles. The highest BCUT2D eigenvalue weighted by Gasteiger charge is 2.34. The van der Waals surface area contributed by atoms with Gasteiger partial charge in [0.2, 0.25) is 0 Å². The fraction of sp³-hybridized carbons (Fsp3) is 0.231. The number of halogens is 1. The molecule has 0 fully saturated rings. The van der Waals surface area contributed by atoms with Crippen LogP contribution in [0.25, 0.3) is 0 Å². The van der Waals surface area contributed by atoms with E-state index in [0.29, 0.717) is 0 Å². The van der Waals surface area contributed by atoms with Gasteiger partial charge < -0.3 is 5.73 Å². The number of terminal acetylenes is 1. The first kappa shape index (κ1) is 12.7. The molecule has 0 aliphatic carbocycles. The number of nitrogens with zero attached hydrogens (tertiary/aromatic N) is 2. The predicted octanol–water partition coefficient (Wildman–Crippen LogP) is 2.22. The summed E-state index contributed by atoms with van der Waals surface area (Å²) in [4.78, 5) is 16.9. The monoisotopic (exact) mass is 305 g/mol. The minimum Gasteiger partial charge on any atom is -0.385 e. The third kappa shape index (κ3) is 2.12. The number of nitrogens with two attached hydrogens (primary N) is 1. The van der Waals surface area contributed by atoms with E-state index in [1.165, 1.54) is 4.90 Å². The molecule has 4 nitrogen and oxygen atoms in total. The van der Waals surface area contributed by atoms with E-state index in [1.54, 1.807) is 0 Å². The molecule has 2 rings (SSSR count). The Morgan fingerprint density at radius 3 is 2.94 bits per heavy atom. The maximum Gasteiger partial charge on any atom is 0.346 e. The average Bonchev–Trinajstić information content (AvgIpc) is 2.59. The van der Waals surface area contributed by atoms with Crippen molar-refractivity contribution in [3.63, 3.8) is 0 Å². The summed E-state index contributed by atoms with van der Waals surface area (Å²) in [5.41, 5.74) is 7.82. The summed E-state index contributed by atoms with van der Waals surface area (Å²) in [7, 11) is 0. The number of amides is 2. The van der Waals surface area contributed by atoms with Crippen molar-refractivity contribution in [2.24, 2.45) is 10.7 Å². The van der Waals surface area contributed by atoms with Crippen LogP contribution in [0.4, 0.5) is 4.79 Å². The second-order valence-electron chi connectivity index (χ2n) is 4.06. The second kappa shape index (κ2) is 4.83. The lowest BCUT2D eigenvalue weighted by atomic mass is 10.0. The van der Waals surface area contributed by atoms with Gasteiger partial charge >= 0.3 is 6.03 Å². The average molecular weight is 306 g/mol. The van der Waals surface area contributed by atoms with Crippen molar-refractivity contribution in [1.29, 1.82) is 0 Å². The van der Waals surface area contributed by atoms with E-state index < -0.39 is 0 Å². The quantitative estimate of drug-likeness (QED) is 0.852. The zero-order valence-corrected chi connectivity index (χ0v) is 11.4. The lowest BCUT2D eigenvalue weighted by molar-refractivity contribution is 0.213. The summed E-state index contributed by atoms with van der Waals surface area (Å²) in [6.45, 7) is 2.18. The summed E-state index contributed by atoms with van der Waals surface area (Å²) >= 11 is 3.46. The molecule has 0 saturated heterocycles. The molecule has 1 unspecified atom stereocenters. The Hall–Kier alpha value is -1.80. The number of aliphatic imine (C=N–C) groups is 1. The molecule has 1 aromatic carbocycles. The van der Waals surface area contributed by atoms with Gasteiger partial charge in [0.25, 0.3) is 0 Å². The smallest absolute Gasteiger partial charge is 0.346 e. The Labute approximate surface area is 114 Å². The zero-order chi connectivity index (χ0) is 13.3. The number of hydrogen-bond acceptors (Lipinski definition) is 2. The molecule has 0 spiro atoms. The third-order valence-corrected chi connectivity index (χ3v) is 3.69. The molecule has 0 bridgehead atoms. The first-order valence-corrected chi connectivity index (χ1v) is 6.18. The number of hydrogen-bond donors (Lipinski definition) is 1. The van der Waals surface area contributed by atoms with Gasteiger partial charge in [-0.25, -0.2) is 4.79 Å². The van der Waals surface area contributed by atoms with E-state index in [1.807, 2.05) is 25.1 Å². The van der Waals surface area contributed by atoms with E-state index >= 15 is 0 Å². The molecule has 1 atom stereocenters. The number of carbonyl (C=O) groups is 1. The second-order valence-corrected chi connectivity index (χ2v) is 4.92. The standard InChI is InChI=1S/C13H12BrN3O/c1-3-6-17-11(12(15)16-13(17)18)9-5-4-8(2)10(14)7-9/h1,4-5,7,11H,6H2,2H3,(H2,15,16,18). The molecule has 2 amide bonds. The molecule has 2 N–H and O–H groups in total. The summed E-state index contributed by atoms with van der Waals surface area (Å²) in [5, 5.41) is 0. The van der Waals surface area contributed by atoms with Crippen LogP contribution in [-0.2, 0) is 0 Å². The number of carbonyl (C=O) groups excluding carboxylic acids is 1. The van der Waals surface area contributed by atoms with Gasteiger partial charge in [0.15, 0.2) is 0 Å². The maximum absolute atomic E-state index is 11.7. The van der Waals surface area contributed by atoms with E-state index in [0.717, 1.165) is 15.6 Å². The maximum atomic E-state index is 11.7. The topological polar surface area (TPSA) is 58.7 Å². The van der Waals surface area contributed by atoms with Gasteiger partial charge in [-0.3, -0.25) is 4.90 Å². The van der Waals surface area contributed by atoms with Gasteiger partial charge in [-0.2, -0.15) is 4.99 Å². The van der Waals surface area contributed by atoms with Crippen LogP contribution in [0.1, 0.15) is 17.2 Å². The van der Waals surface area contributed by atoms with Crippen LogP contribution in [-0.4, -0.2) is 23.3 Å². The molecule has 1 aromatic rings. The molecule has 1 aliphatic heterocycles. The van der Waals surface area contributed by atoms with Crippen molar-refractivity contribution in [2.75, 3.05) is 6.54 Å². The number of rotatable bonds is 2. The van der Waals surface area contributed by atoms with Crippen LogP contribution >= 0.6 is 15.9 Å². The minimum atomic E-state index is -0.382. The fourth-order valence-corrected chi connectivity index (χ4v) is 2.29. The molecule has 5 heteroatoms. The molecular weight excluding hydrogens is 294 g/mol. The Morgan fingerprint density at radius 2 is 2.33 bits per heavy atom. The Bertz CT molecular complexity index is 574. The van der Waals surface area contributed by atoms with Gasteiger partial charge in [-0.1, -0.05) is 34.0 Å². The number of aryl methyl sites for hydroxylation is 1. The summed E-state index contributed by atoms with van der Waals surface area (Å²) in [6, 6.07) is 5.07. The number of amidine groups is 1. The van der Waals surface area contributed by atoms with E-state index in [2.05, 4.69) is 26.8 Å². The molecule has 18 heavy (non-hydrogen) atoms. The largest absolute Gasteiger partial charge is 0.385 e. The minimum absolute atomic E-state index is 0.194. The third-order valence-electron chi connectivity index (χ3n) is 2.84.